The van der Waals surface area contributed by atoms with Crippen LogP contribution in [0.15, 0.2) is 23.1 Å². The molecule has 1 amide bonds. The molecule has 0 saturated carbocycles. The quantitative estimate of drug-likeness (QED) is 0.752. The zero-order chi connectivity index (χ0) is 18.8. The Labute approximate surface area is 148 Å². The molecule has 140 valence electrons. The maximum atomic E-state index is 12.5. The normalized spacial score (nSPS) is 16.5. The maximum Gasteiger partial charge on any atom is 0.240 e. The van der Waals surface area contributed by atoms with Gasteiger partial charge in [-0.25, -0.2) is 13.1 Å². The Morgan fingerprint density at radius 2 is 2.00 bits per heavy atom. The van der Waals surface area contributed by atoms with Crippen LogP contribution in [0.5, 0.6) is 5.75 Å². The first kappa shape index (κ1) is 19.6. The van der Waals surface area contributed by atoms with Gasteiger partial charge in [0.1, 0.15) is 11.4 Å². The first-order chi connectivity index (χ1) is 11.6. The van der Waals surface area contributed by atoms with Gasteiger partial charge in [-0.2, -0.15) is 0 Å². The monoisotopic (exact) mass is 372 g/mol. The van der Waals surface area contributed by atoms with Gasteiger partial charge < -0.3 is 19.1 Å². The molecule has 0 unspecified atom stereocenters. The summed E-state index contributed by atoms with van der Waals surface area (Å²) in [5.74, 6) is 0.288. The Hall–Kier alpha value is -1.68. The predicted molar refractivity (Wildman–Crippen MR) is 92.2 cm³/mol. The molecule has 1 aromatic rings. The molecular weight excluding hydrogens is 348 g/mol. The Bertz CT molecular complexity index is 743. The van der Waals surface area contributed by atoms with Crippen LogP contribution >= 0.6 is 0 Å². The third-order valence-electron chi connectivity index (χ3n) is 3.80. The van der Waals surface area contributed by atoms with Crippen molar-refractivity contribution in [3.8, 4) is 5.75 Å². The van der Waals surface area contributed by atoms with Gasteiger partial charge in [0.15, 0.2) is 6.29 Å². The van der Waals surface area contributed by atoms with Crippen molar-refractivity contribution in [3.63, 3.8) is 0 Å². The molecule has 0 aliphatic carbocycles. The molecule has 25 heavy (non-hydrogen) atoms. The molecule has 1 heterocycles. The largest absolute Gasteiger partial charge is 0.484 e. The standard InChI is InChI=1S/C16H24N2O6S/c1-11(19)18-10-16(2,3)24-14-7-6-12(8-13(14)18)25(20,21)17-9-15(22-4)23-5/h6-8,15,17H,9-10H2,1-5H3. The molecule has 0 bridgehead atoms. The number of nitrogens with zero attached hydrogens (tertiary/aromatic N) is 1. The highest BCUT2D eigenvalue weighted by Gasteiger charge is 2.34. The highest BCUT2D eigenvalue weighted by molar-refractivity contribution is 7.89. The molecule has 0 saturated heterocycles. The molecule has 1 aliphatic rings. The number of hydrogen-bond acceptors (Lipinski definition) is 6. The molecule has 0 atom stereocenters. The SMILES string of the molecule is COC(CNS(=O)(=O)c1ccc2c(c1)N(C(C)=O)CC(C)(C)O2)OC. The summed E-state index contributed by atoms with van der Waals surface area (Å²) in [4.78, 5) is 13.5. The second-order valence-corrected chi connectivity index (χ2v) is 8.12. The van der Waals surface area contributed by atoms with Crippen molar-refractivity contribution in [2.24, 2.45) is 0 Å². The topological polar surface area (TPSA) is 94.2 Å². The van der Waals surface area contributed by atoms with Crippen molar-refractivity contribution in [3.05, 3.63) is 18.2 Å². The van der Waals surface area contributed by atoms with Crippen LogP contribution in [-0.2, 0) is 24.3 Å². The number of methoxy groups -OCH3 is 2. The number of carbonyl (C=O) groups is 1. The maximum absolute atomic E-state index is 12.5. The van der Waals surface area contributed by atoms with Gasteiger partial charge in [0.05, 0.1) is 23.7 Å². The number of fused-ring (bicyclic) bond motifs is 1. The van der Waals surface area contributed by atoms with Crippen LogP contribution < -0.4 is 14.4 Å². The Balaban J connectivity index is 2.33. The van der Waals surface area contributed by atoms with Gasteiger partial charge in [-0.05, 0) is 32.0 Å². The number of anilines is 1. The van der Waals surface area contributed by atoms with E-state index in [1.165, 1.54) is 38.2 Å². The van der Waals surface area contributed by atoms with Crippen LogP contribution in [0, 0.1) is 0 Å². The molecule has 1 N–H and O–H groups in total. The zero-order valence-electron chi connectivity index (χ0n) is 15.0. The molecule has 1 aliphatic heterocycles. The third kappa shape index (κ3) is 4.49. The number of sulfonamides is 1. The van der Waals surface area contributed by atoms with Crippen molar-refractivity contribution in [2.45, 2.75) is 37.6 Å². The molecule has 1 aromatic carbocycles. The lowest BCUT2D eigenvalue weighted by Gasteiger charge is -2.39. The molecule has 2 rings (SSSR count). The van der Waals surface area contributed by atoms with Crippen LogP contribution in [-0.4, -0.2) is 53.5 Å². The minimum atomic E-state index is -3.79. The average molecular weight is 372 g/mol. The van der Waals surface area contributed by atoms with Gasteiger partial charge in [-0.3, -0.25) is 4.79 Å². The van der Waals surface area contributed by atoms with Crippen LogP contribution in [0.4, 0.5) is 5.69 Å². The van der Waals surface area contributed by atoms with E-state index >= 15 is 0 Å². The minimum absolute atomic E-state index is 0.0340. The Morgan fingerprint density at radius 3 is 2.56 bits per heavy atom. The van der Waals surface area contributed by atoms with Crippen LogP contribution in [0.25, 0.3) is 0 Å². The Kier molecular flexibility index (Phi) is 5.72. The minimum Gasteiger partial charge on any atom is -0.484 e. The molecule has 9 heteroatoms. The van der Waals surface area contributed by atoms with Crippen molar-refractivity contribution in [1.82, 2.24) is 4.72 Å². The van der Waals surface area contributed by atoms with E-state index < -0.39 is 21.9 Å². The summed E-state index contributed by atoms with van der Waals surface area (Å²) in [7, 11) is -0.947. The van der Waals surface area contributed by atoms with Gasteiger partial charge in [0.2, 0.25) is 15.9 Å². The second kappa shape index (κ2) is 7.28. The van der Waals surface area contributed by atoms with Gasteiger partial charge in [0.25, 0.3) is 0 Å². The van der Waals surface area contributed by atoms with Crippen molar-refractivity contribution in [2.75, 3.05) is 32.2 Å². The zero-order valence-corrected chi connectivity index (χ0v) is 15.8. The highest BCUT2D eigenvalue weighted by Crippen LogP contribution is 2.38. The number of rotatable bonds is 6. The lowest BCUT2D eigenvalue weighted by atomic mass is 10.1. The van der Waals surface area contributed by atoms with Gasteiger partial charge in [-0.15, -0.1) is 0 Å². The van der Waals surface area contributed by atoms with E-state index in [1.807, 2.05) is 13.8 Å². The first-order valence-electron chi connectivity index (χ1n) is 7.76. The van der Waals surface area contributed by atoms with Crippen molar-refractivity contribution >= 4 is 21.6 Å². The van der Waals surface area contributed by atoms with Crippen molar-refractivity contribution < 1.29 is 27.4 Å². The number of hydrogen-bond donors (Lipinski definition) is 1. The number of carbonyl (C=O) groups excluding carboxylic acids is 1. The number of benzene rings is 1. The fraction of sp³-hybridized carbons (Fsp3) is 0.562. The molecule has 8 nitrogen and oxygen atoms in total. The summed E-state index contributed by atoms with van der Waals surface area (Å²) in [6.07, 6.45) is -0.690. The van der Waals surface area contributed by atoms with E-state index in [4.69, 9.17) is 14.2 Å². The van der Waals surface area contributed by atoms with E-state index in [9.17, 15) is 13.2 Å². The fourth-order valence-electron chi connectivity index (χ4n) is 2.56. The predicted octanol–water partition coefficient (Wildman–Crippen LogP) is 1.11. The first-order valence-corrected chi connectivity index (χ1v) is 9.24. The third-order valence-corrected chi connectivity index (χ3v) is 5.22. The summed E-state index contributed by atoms with van der Waals surface area (Å²) >= 11 is 0. The number of nitrogens with one attached hydrogen (secondary N) is 1. The highest BCUT2D eigenvalue weighted by atomic mass is 32.2. The molecule has 0 radical (unpaired) electrons. The van der Waals surface area contributed by atoms with E-state index in [0.29, 0.717) is 18.0 Å². The van der Waals surface area contributed by atoms with Crippen LogP contribution in [0.2, 0.25) is 0 Å². The van der Waals surface area contributed by atoms with E-state index in [0.717, 1.165) is 0 Å². The van der Waals surface area contributed by atoms with Crippen LogP contribution in [0.1, 0.15) is 20.8 Å². The molecule has 0 fully saturated rings. The summed E-state index contributed by atoms with van der Waals surface area (Å²) in [6.45, 7) is 5.47. The molecule has 0 spiro atoms. The lowest BCUT2D eigenvalue weighted by Crippen LogP contribution is -2.48. The van der Waals surface area contributed by atoms with Gasteiger partial charge in [-0.1, -0.05) is 0 Å². The summed E-state index contributed by atoms with van der Waals surface area (Å²) in [5.41, 5.74) is -0.119. The Morgan fingerprint density at radius 1 is 1.36 bits per heavy atom. The molecule has 0 aromatic heterocycles. The average Bonchev–Trinajstić information content (AvgIpc) is 2.53. The van der Waals surface area contributed by atoms with Gasteiger partial charge >= 0.3 is 0 Å². The van der Waals surface area contributed by atoms with E-state index in [2.05, 4.69) is 4.72 Å². The summed E-state index contributed by atoms with van der Waals surface area (Å²) in [5, 5.41) is 0. The van der Waals surface area contributed by atoms with E-state index in [1.54, 1.807) is 6.07 Å². The smallest absolute Gasteiger partial charge is 0.240 e. The van der Waals surface area contributed by atoms with Gasteiger partial charge in [0, 0.05) is 21.1 Å². The number of amides is 1. The van der Waals surface area contributed by atoms with Crippen molar-refractivity contribution in [1.29, 1.82) is 0 Å². The second-order valence-electron chi connectivity index (χ2n) is 6.35. The summed E-state index contributed by atoms with van der Waals surface area (Å²) < 4.78 is 43.2. The summed E-state index contributed by atoms with van der Waals surface area (Å²) in [6, 6.07) is 4.43. The van der Waals surface area contributed by atoms with E-state index in [-0.39, 0.29) is 17.3 Å². The molecular formula is C16H24N2O6S. The lowest BCUT2D eigenvalue weighted by molar-refractivity contribution is -0.117. The fourth-order valence-corrected chi connectivity index (χ4v) is 3.60. The van der Waals surface area contributed by atoms with Crippen LogP contribution in [0.3, 0.4) is 0 Å². The number of ether oxygens (including phenoxy) is 3.